The fourth-order valence-corrected chi connectivity index (χ4v) is 1.98. The molecule has 0 unspecified atom stereocenters. The molecular weight excluding hydrogens is 221 g/mol. The Morgan fingerprint density at radius 2 is 2.35 bits per heavy atom. The van der Waals surface area contributed by atoms with Gasteiger partial charge in [-0.2, -0.15) is 0 Å². The number of aromatic nitrogens is 1. The summed E-state index contributed by atoms with van der Waals surface area (Å²) in [6.45, 7) is 2.70. The normalized spacial score (nSPS) is 17.3. The summed E-state index contributed by atoms with van der Waals surface area (Å²) in [6, 6.07) is 1.34. The maximum atomic E-state index is 13.5. The molecule has 1 amide bonds. The number of carbonyl (C=O) groups is 1. The van der Waals surface area contributed by atoms with Gasteiger partial charge < -0.3 is 11.1 Å². The van der Waals surface area contributed by atoms with Crippen LogP contribution in [0.5, 0.6) is 0 Å². The van der Waals surface area contributed by atoms with Crippen LogP contribution in [-0.2, 0) is 0 Å². The fraction of sp³-hybridized carbons (Fsp3) is 0.500. The summed E-state index contributed by atoms with van der Waals surface area (Å²) in [7, 11) is 0. The predicted molar refractivity (Wildman–Crippen MR) is 62.9 cm³/mol. The Morgan fingerprint density at radius 3 is 2.94 bits per heavy atom. The summed E-state index contributed by atoms with van der Waals surface area (Å²) in [6.07, 6.45) is 4.74. The summed E-state index contributed by atoms with van der Waals surface area (Å²) >= 11 is 0. The van der Waals surface area contributed by atoms with E-state index in [9.17, 15) is 9.18 Å². The first-order valence-corrected chi connectivity index (χ1v) is 5.70. The largest absolute Gasteiger partial charge is 0.381 e. The van der Waals surface area contributed by atoms with Crippen LogP contribution in [0.4, 0.5) is 10.2 Å². The Morgan fingerprint density at radius 1 is 1.65 bits per heavy atom. The van der Waals surface area contributed by atoms with Gasteiger partial charge in [-0.05, 0) is 24.3 Å². The van der Waals surface area contributed by atoms with Crippen LogP contribution < -0.4 is 11.1 Å². The Balaban J connectivity index is 2.02. The van der Waals surface area contributed by atoms with Crippen molar-refractivity contribution in [1.82, 2.24) is 10.3 Å². The minimum absolute atomic E-state index is 0.0413. The molecule has 0 radical (unpaired) electrons. The maximum absolute atomic E-state index is 13.5. The molecule has 1 saturated carbocycles. The Labute approximate surface area is 99.4 Å². The van der Waals surface area contributed by atoms with Gasteiger partial charge in [0.15, 0.2) is 11.6 Å². The van der Waals surface area contributed by atoms with Crippen molar-refractivity contribution in [2.75, 3.05) is 12.3 Å². The maximum Gasteiger partial charge on any atom is 0.254 e. The molecule has 1 aliphatic rings. The number of amides is 1. The van der Waals surface area contributed by atoms with E-state index in [2.05, 4.69) is 17.2 Å². The van der Waals surface area contributed by atoms with Gasteiger partial charge in [-0.1, -0.05) is 13.3 Å². The van der Waals surface area contributed by atoms with Gasteiger partial charge in [0.05, 0.1) is 5.56 Å². The summed E-state index contributed by atoms with van der Waals surface area (Å²) in [5.41, 5.74) is 5.44. The van der Waals surface area contributed by atoms with Crippen LogP contribution in [0, 0.1) is 11.2 Å². The lowest BCUT2D eigenvalue weighted by Crippen LogP contribution is -2.40. The highest BCUT2D eigenvalue weighted by Gasteiger charge is 2.32. The number of nitrogens with two attached hydrogens (primary N) is 1. The van der Waals surface area contributed by atoms with Gasteiger partial charge in [-0.15, -0.1) is 0 Å². The minimum atomic E-state index is -0.747. The second kappa shape index (κ2) is 4.31. The van der Waals surface area contributed by atoms with E-state index in [1.54, 1.807) is 0 Å². The molecule has 0 spiro atoms. The van der Waals surface area contributed by atoms with Crippen LogP contribution in [0.2, 0.25) is 0 Å². The standard InChI is InChI=1S/C12H16FN3O/c1-12(4-2-5-12)7-16-11(17)8-3-6-15-10(14)9(8)13/h3,6H,2,4-5,7H2,1H3,(H2,14,15)(H,16,17). The lowest BCUT2D eigenvalue weighted by Gasteiger charge is -2.38. The van der Waals surface area contributed by atoms with Crippen LogP contribution in [-0.4, -0.2) is 17.4 Å². The van der Waals surface area contributed by atoms with E-state index in [4.69, 9.17) is 5.73 Å². The number of nitrogens with one attached hydrogen (secondary N) is 1. The highest BCUT2D eigenvalue weighted by molar-refractivity contribution is 5.95. The molecule has 1 aromatic rings. The minimum Gasteiger partial charge on any atom is -0.381 e. The van der Waals surface area contributed by atoms with Crippen LogP contribution in [0.15, 0.2) is 12.3 Å². The smallest absolute Gasteiger partial charge is 0.254 e. The van der Waals surface area contributed by atoms with Crippen molar-refractivity contribution in [1.29, 1.82) is 0 Å². The zero-order chi connectivity index (χ0) is 12.5. The first-order valence-electron chi connectivity index (χ1n) is 5.70. The molecule has 5 heteroatoms. The van der Waals surface area contributed by atoms with Crippen molar-refractivity contribution in [3.05, 3.63) is 23.6 Å². The monoisotopic (exact) mass is 237 g/mol. The predicted octanol–water partition coefficient (Wildman–Crippen LogP) is 1.72. The number of rotatable bonds is 3. The third-order valence-corrected chi connectivity index (χ3v) is 3.40. The van der Waals surface area contributed by atoms with Gasteiger partial charge in [-0.25, -0.2) is 9.37 Å². The second-order valence-corrected chi connectivity index (χ2v) is 4.90. The summed E-state index contributed by atoms with van der Waals surface area (Å²) < 4.78 is 13.5. The first-order chi connectivity index (χ1) is 8.02. The van der Waals surface area contributed by atoms with Crippen LogP contribution in [0.3, 0.4) is 0 Å². The van der Waals surface area contributed by atoms with E-state index in [1.807, 2.05) is 0 Å². The molecule has 2 rings (SSSR count). The van der Waals surface area contributed by atoms with Crippen molar-refractivity contribution in [3.8, 4) is 0 Å². The molecule has 1 aliphatic carbocycles. The van der Waals surface area contributed by atoms with E-state index in [1.165, 1.54) is 18.7 Å². The number of nitrogen functional groups attached to an aromatic ring is 1. The lowest BCUT2D eigenvalue weighted by atomic mass is 9.70. The molecule has 0 atom stereocenters. The van der Waals surface area contributed by atoms with Gasteiger partial charge in [0.25, 0.3) is 5.91 Å². The Hall–Kier alpha value is -1.65. The number of nitrogens with zero attached hydrogens (tertiary/aromatic N) is 1. The van der Waals surface area contributed by atoms with Crippen molar-refractivity contribution in [2.45, 2.75) is 26.2 Å². The average Bonchev–Trinajstić information content (AvgIpc) is 2.27. The van der Waals surface area contributed by atoms with Crippen LogP contribution in [0.1, 0.15) is 36.5 Å². The van der Waals surface area contributed by atoms with Crippen molar-refractivity contribution in [2.24, 2.45) is 5.41 Å². The fourth-order valence-electron chi connectivity index (χ4n) is 1.98. The molecule has 4 nitrogen and oxygen atoms in total. The van der Waals surface area contributed by atoms with Gasteiger partial charge in [-0.3, -0.25) is 4.79 Å². The van der Waals surface area contributed by atoms with Crippen LogP contribution in [0.25, 0.3) is 0 Å². The zero-order valence-electron chi connectivity index (χ0n) is 9.79. The van der Waals surface area contributed by atoms with Crippen molar-refractivity contribution in [3.63, 3.8) is 0 Å². The van der Waals surface area contributed by atoms with Crippen molar-refractivity contribution >= 4 is 11.7 Å². The van der Waals surface area contributed by atoms with Crippen LogP contribution >= 0.6 is 0 Å². The number of hydrogen-bond acceptors (Lipinski definition) is 3. The SMILES string of the molecule is CC1(CNC(=O)c2ccnc(N)c2F)CCC1. The third kappa shape index (κ3) is 2.38. The molecule has 92 valence electrons. The lowest BCUT2D eigenvalue weighted by molar-refractivity contribution is 0.0887. The molecule has 0 aromatic carbocycles. The second-order valence-electron chi connectivity index (χ2n) is 4.90. The van der Waals surface area contributed by atoms with E-state index < -0.39 is 11.7 Å². The number of pyridine rings is 1. The Kier molecular flexibility index (Phi) is 3.00. The molecule has 1 aromatic heterocycles. The molecule has 1 heterocycles. The number of anilines is 1. The first kappa shape index (κ1) is 11.8. The molecule has 0 aliphatic heterocycles. The average molecular weight is 237 g/mol. The Bertz CT molecular complexity index is 443. The number of hydrogen-bond donors (Lipinski definition) is 2. The topological polar surface area (TPSA) is 68.0 Å². The summed E-state index contributed by atoms with van der Waals surface area (Å²) in [5, 5.41) is 2.75. The molecule has 3 N–H and O–H groups in total. The third-order valence-electron chi connectivity index (χ3n) is 3.40. The van der Waals surface area contributed by atoms with E-state index >= 15 is 0 Å². The summed E-state index contributed by atoms with van der Waals surface area (Å²) in [4.78, 5) is 15.4. The van der Waals surface area contributed by atoms with E-state index in [-0.39, 0.29) is 16.8 Å². The molecular formula is C12H16FN3O. The summed E-state index contributed by atoms with van der Waals surface area (Å²) in [5.74, 6) is -1.42. The molecule has 0 bridgehead atoms. The quantitative estimate of drug-likeness (QED) is 0.841. The number of halogens is 1. The highest BCUT2D eigenvalue weighted by atomic mass is 19.1. The highest BCUT2D eigenvalue weighted by Crippen LogP contribution is 2.39. The van der Waals surface area contributed by atoms with Crippen molar-refractivity contribution < 1.29 is 9.18 Å². The van der Waals surface area contributed by atoms with Gasteiger partial charge in [0.2, 0.25) is 0 Å². The number of carbonyl (C=O) groups excluding carboxylic acids is 1. The van der Waals surface area contributed by atoms with E-state index in [0.29, 0.717) is 6.54 Å². The molecule has 17 heavy (non-hydrogen) atoms. The molecule has 1 fully saturated rings. The van der Waals surface area contributed by atoms with Gasteiger partial charge >= 0.3 is 0 Å². The van der Waals surface area contributed by atoms with Gasteiger partial charge in [0.1, 0.15) is 0 Å². The van der Waals surface area contributed by atoms with E-state index in [0.717, 1.165) is 12.8 Å². The van der Waals surface area contributed by atoms with Gasteiger partial charge in [0, 0.05) is 12.7 Å². The zero-order valence-corrected chi connectivity index (χ0v) is 9.79. The molecule has 0 saturated heterocycles.